The maximum atomic E-state index is 12.1. The van der Waals surface area contributed by atoms with Gasteiger partial charge in [0, 0.05) is 24.4 Å². The second kappa shape index (κ2) is 6.80. The van der Waals surface area contributed by atoms with E-state index in [-0.39, 0.29) is 0 Å². The first kappa shape index (κ1) is 14.2. The number of amides is 1. The van der Waals surface area contributed by atoms with Gasteiger partial charge in [-0.25, -0.2) is 0 Å². The number of carbonyl (C=O) groups excluding carboxylic acids is 1. The molecule has 0 bridgehead atoms. The van der Waals surface area contributed by atoms with Gasteiger partial charge in [0.2, 0.25) is 5.91 Å². The van der Waals surface area contributed by atoms with E-state index in [0.29, 0.717) is 23.0 Å². The van der Waals surface area contributed by atoms with E-state index < -0.39 is 0 Å². The van der Waals surface area contributed by atoms with Crippen LogP contribution in [-0.2, 0) is 4.79 Å². The van der Waals surface area contributed by atoms with E-state index in [0.717, 1.165) is 25.4 Å². The maximum Gasteiger partial charge on any atom is 0.232 e. The number of likely N-dealkylation sites (tertiary alicyclic amines) is 1. The molecule has 1 aliphatic carbocycles. The molecule has 2 aliphatic rings. The summed E-state index contributed by atoms with van der Waals surface area (Å²) in [7, 11) is 0. The zero-order valence-corrected chi connectivity index (χ0v) is 12.3. The lowest BCUT2D eigenvalue weighted by molar-refractivity contribution is -0.129. The van der Waals surface area contributed by atoms with E-state index in [4.69, 9.17) is 5.73 Å². The Balaban J connectivity index is 1.74. The molecule has 0 aromatic heterocycles. The van der Waals surface area contributed by atoms with Crippen LogP contribution in [0.4, 0.5) is 0 Å². The predicted octanol–water partition coefficient (Wildman–Crippen LogP) is 2.25. The van der Waals surface area contributed by atoms with Crippen molar-refractivity contribution in [3.8, 4) is 0 Å². The van der Waals surface area contributed by atoms with Crippen molar-refractivity contribution in [2.24, 2.45) is 11.7 Å². The summed E-state index contributed by atoms with van der Waals surface area (Å²) < 4.78 is 0. The Bertz CT molecular complexity index is 279. The van der Waals surface area contributed by atoms with Gasteiger partial charge in [-0.2, -0.15) is 0 Å². The molecular weight excluding hydrogens is 244 g/mol. The fourth-order valence-corrected chi connectivity index (χ4v) is 4.34. The van der Waals surface area contributed by atoms with Crippen LogP contribution in [0, 0.1) is 5.92 Å². The number of piperidine rings is 1. The number of hydrogen-bond donors (Lipinski definition) is 1. The molecule has 0 radical (unpaired) electrons. The van der Waals surface area contributed by atoms with Crippen LogP contribution in [0.2, 0.25) is 0 Å². The molecule has 1 heterocycles. The fraction of sp³-hybridized carbons (Fsp3) is 0.929. The Morgan fingerprint density at radius 1 is 1.28 bits per heavy atom. The van der Waals surface area contributed by atoms with E-state index in [1.54, 1.807) is 11.8 Å². The Hall–Kier alpha value is -0.220. The Morgan fingerprint density at radius 2 is 2.00 bits per heavy atom. The molecular formula is C14H26N2OS. The van der Waals surface area contributed by atoms with E-state index in [9.17, 15) is 4.79 Å². The van der Waals surface area contributed by atoms with Gasteiger partial charge in [0.05, 0.1) is 5.75 Å². The predicted molar refractivity (Wildman–Crippen MR) is 77.7 cm³/mol. The number of hydrogen-bond acceptors (Lipinski definition) is 3. The van der Waals surface area contributed by atoms with Gasteiger partial charge in [-0.1, -0.05) is 6.92 Å². The molecule has 1 saturated heterocycles. The molecule has 1 aliphatic heterocycles. The standard InChI is InChI=1S/C14H26N2OS/c1-11-5-6-12(15)13(9-11)18-10-14(17)16-7-3-2-4-8-16/h11-13H,2-10,15H2,1H3. The summed E-state index contributed by atoms with van der Waals surface area (Å²) in [6.45, 7) is 4.23. The van der Waals surface area contributed by atoms with Crippen LogP contribution in [0.3, 0.4) is 0 Å². The lowest BCUT2D eigenvalue weighted by Crippen LogP contribution is -2.40. The number of nitrogens with zero attached hydrogens (tertiary/aromatic N) is 1. The summed E-state index contributed by atoms with van der Waals surface area (Å²) in [6, 6.07) is 0.292. The third kappa shape index (κ3) is 3.89. The number of nitrogens with two attached hydrogens (primary N) is 1. The van der Waals surface area contributed by atoms with Crippen LogP contribution >= 0.6 is 11.8 Å². The Morgan fingerprint density at radius 3 is 2.72 bits per heavy atom. The number of thioether (sulfide) groups is 1. The van der Waals surface area contributed by atoms with Gasteiger partial charge >= 0.3 is 0 Å². The Labute approximate surface area is 115 Å². The molecule has 1 amide bonds. The fourth-order valence-electron chi connectivity index (χ4n) is 2.96. The van der Waals surface area contributed by atoms with Gasteiger partial charge in [-0.15, -0.1) is 11.8 Å². The maximum absolute atomic E-state index is 12.1. The van der Waals surface area contributed by atoms with Crippen LogP contribution in [0.25, 0.3) is 0 Å². The molecule has 3 atom stereocenters. The molecule has 0 spiro atoms. The van der Waals surface area contributed by atoms with E-state index in [1.165, 1.54) is 32.1 Å². The topological polar surface area (TPSA) is 46.3 Å². The van der Waals surface area contributed by atoms with Crippen molar-refractivity contribution in [3.63, 3.8) is 0 Å². The summed E-state index contributed by atoms with van der Waals surface area (Å²) >= 11 is 1.79. The summed E-state index contributed by atoms with van der Waals surface area (Å²) in [5.41, 5.74) is 6.16. The SMILES string of the molecule is CC1CCC(N)C(SCC(=O)N2CCCCC2)C1. The molecule has 4 heteroatoms. The summed E-state index contributed by atoms with van der Waals surface area (Å²) in [4.78, 5) is 14.1. The smallest absolute Gasteiger partial charge is 0.232 e. The van der Waals surface area contributed by atoms with E-state index in [1.807, 2.05) is 4.90 Å². The van der Waals surface area contributed by atoms with Crippen molar-refractivity contribution < 1.29 is 4.79 Å². The van der Waals surface area contributed by atoms with Gasteiger partial charge in [-0.05, 0) is 44.4 Å². The highest BCUT2D eigenvalue weighted by Gasteiger charge is 2.27. The second-order valence-corrected chi connectivity index (χ2v) is 7.10. The molecule has 18 heavy (non-hydrogen) atoms. The molecule has 3 unspecified atom stereocenters. The molecule has 0 aromatic carbocycles. The quantitative estimate of drug-likeness (QED) is 0.855. The van der Waals surface area contributed by atoms with E-state index in [2.05, 4.69) is 6.92 Å². The van der Waals surface area contributed by atoms with Gasteiger partial charge in [0.25, 0.3) is 0 Å². The van der Waals surface area contributed by atoms with Crippen LogP contribution in [-0.4, -0.2) is 40.9 Å². The first-order valence-corrected chi connectivity index (χ1v) is 8.36. The average Bonchev–Trinajstić information content (AvgIpc) is 2.40. The van der Waals surface area contributed by atoms with Crippen molar-refractivity contribution in [2.75, 3.05) is 18.8 Å². The summed E-state index contributed by atoms with van der Waals surface area (Å²) in [6.07, 6.45) is 7.18. The minimum atomic E-state index is 0.292. The third-order valence-electron chi connectivity index (χ3n) is 4.23. The minimum absolute atomic E-state index is 0.292. The molecule has 2 fully saturated rings. The van der Waals surface area contributed by atoms with Crippen LogP contribution in [0.1, 0.15) is 45.4 Å². The van der Waals surface area contributed by atoms with Crippen molar-refractivity contribution in [1.29, 1.82) is 0 Å². The van der Waals surface area contributed by atoms with Crippen molar-refractivity contribution in [1.82, 2.24) is 4.90 Å². The van der Waals surface area contributed by atoms with Crippen molar-refractivity contribution >= 4 is 17.7 Å². The van der Waals surface area contributed by atoms with Crippen LogP contribution < -0.4 is 5.73 Å². The Kier molecular flexibility index (Phi) is 5.37. The van der Waals surface area contributed by atoms with Crippen LogP contribution in [0.15, 0.2) is 0 Å². The van der Waals surface area contributed by atoms with Crippen molar-refractivity contribution in [3.05, 3.63) is 0 Å². The lowest BCUT2D eigenvalue weighted by atomic mass is 9.87. The van der Waals surface area contributed by atoms with Gasteiger partial charge < -0.3 is 10.6 Å². The second-order valence-electron chi connectivity index (χ2n) is 5.87. The third-order valence-corrected chi connectivity index (χ3v) is 5.62. The van der Waals surface area contributed by atoms with Gasteiger partial charge in [0.15, 0.2) is 0 Å². The molecule has 2 N–H and O–H groups in total. The molecule has 104 valence electrons. The van der Waals surface area contributed by atoms with Gasteiger partial charge in [0.1, 0.15) is 0 Å². The summed E-state index contributed by atoms with van der Waals surface area (Å²) in [5, 5.41) is 0.488. The highest BCUT2D eigenvalue weighted by Crippen LogP contribution is 2.31. The largest absolute Gasteiger partial charge is 0.342 e. The van der Waals surface area contributed by atoms with Gasteiger partial charge in [-0.3, -0.25) is 4.79 Å². The van der Waals surface area contributed by atoms with Crippen LogP contribution in [0.5, 0.6) is 0 Å². The highest BCUT2D eigenvalue weighted by molar-refractivity contribution is 8.00. The zero-order valence-electron chi connectivity index (χ0n) is 11.4. The molecule has 3 nitrogen and oxygen atoms in total. The van der Waals surface area contributed by atoms with E-state index >= 15 is 0 Å². The molecule has 1 saturated carbocycles. The normalized spacial score (nSPS) is 33.4. The first-order valence-electron chi connectivity index (χ1n) is 7.32. The average molecular weight is 270 g/mol. The highest BCUT2D eigenvalue weighted by atomic mass is 32.2. The zero-order chi connectivity index (χ0) is 13.0. The van der Waals surface area contributed by atoms with Crippen molar-refractivity contribution in [2.45, 2.75) is 56.7 Å². The lowest BCUT2D eigenvalue weighted by Gasteiger charge is -2.33. The molecule has 0 aromatic rings. The monoisotopic (exact) mass is 270 g/mol. The first-order chi connectivity index (χ1) is 8.66. The number of rotatable bonds is 3. The minimum Gasteiger partial charge on any atom is -0.342 e. The molecule has 2 rings (SSSR count). The number of carbonyl (C=O) groups is 1. The summed E-state index contributed by atoms with van der Waals surface area (Å²) in [5.74, 6) is 1.72.